The van der Waals surface area contributed by atoms with Gasteiger partial charge in [0.25, 0.3) is 5.91 Å². The van der Waals surface area contributed by atoms with Gasteiger partial charge in [-0.1, -0.05) is 30.3 Å². The molecule has 2 heterocycles. The van der Waals surface area contributed by atoms with E-state index >= 15 is 0 Å². The number of methoxy groups -OCH3 is 1. The molecule has 2 aromatic carbocycles. The zero-order valence-electron chi connectivity index (χ0n) is 14.6. The molecule has 2 saturated heterocycles. The number of carbonyl (C=O) groups is 1. The Morgan fingerprint density at radius 3 is 2.69 bits per heavy atom. The number of benzene rings is 2. The van der Waals surface area contributed by atoms with Crippen LogP contribution in [0.25, 0.3) is 0 Å². The molecule has 2 aromatic rings. The zero-order valence-corrected chi connectivity index (χ0v) is 15.4. The first kappa shape index (κ1) is 18.5. The summed E-state index contributed by atoms with van der Waals surface area (Å²) in [5.41, 5.74) is 1.45. The lowest BCUT2D eigenvalue weighted by atomic mass is 9.89. The Morgan fingerprint density at radius 2 is 1.96 bits per heavy atom. The molecule has 0 saturated carbocycles. The second-order valence-electron chi connectivity index (χ2n) is 6.78. The third kappa shape index (κ3) is 3.13. The average molecular weight is 375 g/mol. The van der Waals surface area contributed by atoms with Crippen molar-refractivity contribution in [3.63, 3.8) is 0 Å². The molecule has 0 aromatic heterocycles. The first-order valence-corrected chi connectivity index (χ1v) is 8.62. The Hall–Kier alpha value is -2.24. The number of phenols is 1. The minimum absolute atomic E-state index is 0. The summed E-state index contributed by atoms with van der Waals surface area (Å²) in [6, 6.07) is 15.0. The lowest BCUT2D eigenvalue weighted by Gasteiger charge is -2.28. The van der Waals surface area contributed by atoms with E-state index in [1.54, 1.807) is 19.2 Å². The first-order valence-electron chi connectivity index (χ1n) is 8.62. The van der Waals surface area contributed by atoms with E-state index in [1.807, 2.05) is 23.1 Å². The van der Waals surface area contributed by atoms with Gasteiger partial charge >= 0.3 is 0 Å². The van der Waals surface area contributed by atoms with Gasteiger partial charge in [-0.05, 0) is 29.7 Å². The number of aromatic hydroxyl groups is 1. The maximum Gasteiger partial charge on any atom is 0.258 e. The average Bonchev–Trinajstić information content (AvgIpc) is 3.23. The van der Waals surface area contributed by atoms with E-state index in [2.05, 4.69) is 17.4 Å². The van der Waals surface area contributed by atoms with E-state index < -0.39 is 0 Å². The van der Waals surface area contributed by atoms with Gasteiger partial charge in [0.05, 0.1) is 18.7 Å². The van der Waals surface area contributed by atoms with Crippen molar-refractivity contribution >= 4 is 18.3 Å². The quantitative estimate of drug-likeness (QED) is 0.867. The van der Waals surface area contributed by atoms with Crippen LogP contribution in [-0.2, 0) is 0 Å². The van der Waals surface area contributed by atoms with Crippen molar-refractivity contribution < 1.29 is 14.6 Å². The predicted octanol–water partition coefficient (Wildman–Crippen LogP) is 2.86. The molecule has 2 fully saturated rings. The number of halogens is 1. The van der Waals surface area contributed by atoms with E-state index in [-0.39, 0.29) is 30.1 Å². The highest BCUT2D eigenvalue weighted by atomic mass is 35.5. The van der Waals surface area contributed by atoms with Gasteiger partial charge in [-0.2, -0.15) is 0 Å². The van der Waals surface area contributed by atoms with E-state index in [0.717, 1.165) is 18.7 Å². The van der Waals surface area contributed by atoms with Crippen molar-refractivity contribution in [2.75, 3.05) is 26.7 Å². The summed E-state index contributed by atoms with van der Waals surface area (Å²) in [7, 11) is 1.55. The molecule has 6 heteroatoms. The molecule has 3 atom stereocenters. The van der Waals surface area contributed by atoms with Crippen molar-refractivity contribution in [3.8, 4) is 11.5 Å². The Kier molecular flexibility index (Phi) is 5.39. The van der Waals surface area contributed by atoms with Crippen LogP contribution in [-0.4, -0.2) is 42.7 Å². The van der Waals surface area contributed by atoms with Crippen LogP contribution in [0, 0.1) is 11.8 Å². The second-order valence-corrected chi connectivity index (χ2v) is 6.78. The summed E-state index contributed by atoms with van der Waals surface area (Å²) >= 11 is 0. The van der Waals surface area contributed by atoms with Crippen LogP contribution in [0.15, 0.2) is 48.5 Å². The fraction of sp³-hybridized carbons (Fsp3) is 0.350. The SMILES string of the molecule is COc1ccc(O)c(C(=O)N2C[C@@H]3CNC[C@@H]3[C@@H]2c2ccccc2)c1.Cl. The van der Waals surface area contributed by atoms with Crippen molar-refractivity contribution in [3.05, 3.63) is 59.7 Å². The number of phenolic OH excluding ortho intramolecular Hbond substituents is 1. The number of rotatable bonds is 3. The lowest BCUT2D eigenvalue weighted by molar-refractivity contribution is 0.0710. The summed E-state index contributed by atoms with van der Waals surface area (Å²) in [4.78, 5) is 15.2. The minimum atomic E-state index is -0.139. The number of carbonyl (C=O) groups excluding carboxylic acids is 1. The number of nitrogens with zero attached hydrogens (tertiary/aromatic N) is 1. The lowest BCUT2D eigenvalue weighted by Crippen LogP contribution is -2.34. The van der Waals surface area contributed by atoms with Gasteiger partial charge in [0, 0.05) is 25.6 Å². The predicted molar refractivity (Wildman–Crippen MR) is 102 cm³/mol. The molecule has 0 radical (unpaired) electrons. The van der Waals surface area contributed by atoms with Crippen LogP contribution in [0.5, 0.6) is 11.5 Å². The van der Waals surface area contributed by atoms with Crippen LogP contribution in [0.1, 0.15) is 22.0 Å². The van der Waals surface area contributed by atoms with E-state index in [4.69, 9.17) is 4.74 Å². The van der Waals surface area contributed by atoms with Crippen molar-refractivity contribution in [2.24, 2.45) is 11.8 Å². The number of hydrogen-bond donors (Lipinski definition) is 2. The highest BCUT2D eigenvalue weighted by molar-refractivity contribution is 5.97. The number of ether oxygens (including phenoxy) is 1. The van der Waals surface area contributed by atoms with E-state index in [1.165, 1.54) is 6.07 Å². The van der Waals surface area contributed by atoms with Crippen LogP contribution in [0.4, 0.5) is 0 Å². The molecule has 1 amide bonds. The van der Waals surface area contributed by atoms with Gasteiger partial charge in [0.15, 0.2) is 0 Å². The molecular formula is C20H23ClN2O3. The number of fused-ring (bicyclic) bond motifs is 1. The molecule has 26 heavy (non-hydrogen) atoms. The summed E-state index contributed by atoms with van der Waals surface area (Å²) in [6.07, 6.45) is 0. The summed E-state index contributed by atoms with van der Waals surface area (Å²) < 4.78 is 5.22. The fourth-order valence-electron chi connectivity index (χ4n) is 4.17. The molecule has 0 unspecified atom stereocenters. The third-order valence-electron chi connectivity index (χ3n) is 5.40. The fourth-order valence-corrected chi connectivity index (χ4v) is 4.17. The zero-order chi connectivity index (χ0) is 17.4. The van der Waals surface area contributed by atoms with E-state index in [9.17, 15) is 9.90 Å². The number of hydrogen-bond acceptors (Lipinski definition) is 4. The third-order valence-corrected chi connectivity index (χ3v) is 5.40. The van der Waals surface area contributed by atoms with Crippen LogP contribution in [0.2, 0.25) is 0 Å². The molecule has 0 spiro atoms. The first-order chi connectivity index (χ1) is 12.2. The summed E-state index contributed by atoms with van der Waals surface area (Å²) in [6.45, 7) is 2.55. The number of likely N-dealkylation sites (tertiary alicyclic amines) is 1. The molecule has 4 rings (SSSR count). The van der Waals surface area contributed by atoms with Crippen molar-refractivity contribution in [1.82, 2.24) is 10.2 Å². The van der Waals surface area contributed by atoms with Crippen molar-refractivity contribution in [2.45, 2.75) is 6.04 Å². The van der Waals surface area contributed by atoms with Gasteiger partial charge in [-0.15, -0.1) is 12.4 Å². The van der Waals surface area contributed by atoms with Gasteiger partial charge in [-0.3, -0.25) is 4.79 Å². The van der Waals surface area contributed by atoms with Crippen LogP contribution in [0.3, 0.4) is 0 Å². The smallest absolute Gasteiger partial charge is 0.258 e. The molecule has 2 aliphatic rings. The monoisotopic (exact) mass is 374 g/mol. The highest BCUT2D eigenvalue weighted by Crippen LogP contribution is 2.43. The standard InChI is InChI=1S/C20H22N2O3.ClH/c1-25-15-7-8-18(23)16(9-15)20(24)22-12-14-10-21-11-17(14)19(22)13-5-3-2-4-6-13;/h2-9,14,17,19,21,23H,10-12H2,1H3;1H/t14-,17-,19-;/m0./s1. The molecule has 0 bridgehead atoms. The molecule has 5 nitrogen and oxygen atoms in total. The minimum Gasteiger partial charge on any atom is -0.507 e. The molecule has 2 N–H and O–H groups in total. The summed E-state index contributed by atoms with van der Waals surface area (Å²) in [5.74, 6) is 1.27. The Morgan fingerprint density at radius 1 is 1.19 bits per heavy atom. The Bertz CT molecular complexity index is 784. The Balaban J connectivity index is 0.00000196. The topological polar surface area (TPSA) is 61.8 Å². The highest BCUT2D eigenvalue weighted by Gasteiger charge is 2.47. The largest absolute Gasteiger partial charge is 0.507 e. The van der Waals surface area contributed by atoms with Gasteiger partial charge in [0.2, 0.25) is 0 Å². The second kappa shape index (κ2) is 7.56. The maximum atomic E-state index is 13.2. The van der Waals surface area contributed by atoms with Gasteiger partial charge in [-0.25, -0.2) is 0 Å². The Labute approximate surface area is 159 Å². The summed E-state index contributed by atoms with van der Waals surface area (Å²) in [5, 5.41) is 13.7. The maximum absolute atomic E-state index is 13.2. The molecule has 2 aliphatic heterocycles. The molecule has 138 valence electrons. The van der Waals surface area contributed by atoms with Crippen molar-refractivity contribution in [1.29, 1.82) is 0 Å². The van der Waals surface area contributed by atoms with E-state index in [0.29, 0.717) is 29.7 Å². The van der Waals surface area contributed by atoms with Gasteiger partial charge < -0.3 is 20.1 Å². The molecular weight excluding hydrogens is 352 g/mol. The number of nitrogens with one attached hydrogen (secondary N) is 1. The van der Waals surface area contributed by atoms with Gasteiger partial charge in [0.1, 0.15) is 11.5 Å². The molecule has 0 aliphatic carbocycles. The van der Waals surface area contributed by atoms with Crippen LogP contribution >= 0.6 is 12.4 Å². The normalized spacial score (nSPS) is 24.0. The van der Waals surface area contributed by atoms with Crippen LogP contribution < -0.4 is 10.1 Å². The number of amides is 1.